The first-order valence-electron chi connectivity index (χ1n) is 10.4. The van der Waals surface area contributed by atoms with E-state index in [1.807, 2.05) is 6.07 Å². The summed E-state index contributed by atoms with van der Waals surface area (Å²) >= 11 is 5.62. The monoisotopic (exact) mass is 367 g/mol. The van der Waals surface area contributed by atoms with Gasteiger partial charge in [0.2, 0.25) is 0 Å². The van der Waals surface area contributed by atoms with E-state index in [1.165, 1.54) is 82.6 Å². The van der Waals surface area contributed by atoms with Gasteiger partial charge in [-0.05, 0) is 26.1 Å². The molecule has 0 aliphatic rings. The Morgan fingerprint density at radius 2 is 1.12 bits per heavy atom. The van der Waals surface area contributed by atoms with E-state index in [9.17, 15) is 0 Å². The molecule has 146 valence electrons. The van der Waals surface area contributed by atoms with Crippen molar-refractivity contribution in [1.82, 2.24) is 4.90 Å². The summed E-state index contributed by atoms with van der Waals surface area (Å²) in [6.45, 7) is 3.31. The highest BCUT2D eigenvalue weighted by atomic mass is 35.5. The second-order valence-electron chi connectivity index (χ2n) is 7.30. The summed E-state index contributed by atoms with van der Waals surface area (Å²) < 4.78 is 0. The molecule has 0 aliphatic carbocycles. The highest BCUT2D eigenvalue weighted by molar-refractivity contribution is 6.17. The smallest absolute Gasteiger partial charge is 0.0227 e. The minimum atomic E-state index is 0.845. The molecule has 0 saturated heterocycles. The molecule has 0 N–H and O–H groups in total. The van der Waals surface area contributed by atoms with Crippen LogP contribution in [0.2, 0.25) is 0 Å². The van der Waals surface area contributed by atoms with Crippen molar-refractivity contribution < 1.29 is 0 Å². The van der Waals surface area contributed by atoms with Crippen molar-refractivity contribution in [3.05, 3.63) is 35.9 Å². The van der Waals surface area contributed by atoms with Crippen molar-refractivity contribution in [3.63, 3.8) is 0 Å². The van der Waals surface area contributed by atoms with Crippen LogP contribution in [0.25, 0.3) is 0 Å². The third-order valence-electron chi connectivity index (χ3n) is 4.33. The number of rotatable bonds is 14. The van der Waals surface area contributed by atoms with Gasteiger partial charge in [-0.2, -0.15) is 0 Å². The van der Waals surface area contributed by atoms with E-state index in [0.717, 1.165) is 12.4 Å². The predicted octanol–water partition coefficient (Wildman–Crippen LogP) is 7.67. The van der Waals surface area contributed by atoms with Crippen LogP contribution in [0.15, 0.2) is 30.3 Å². The number of unbranched alkanes of at least 4 members (excludes halogenated alkanes) is 11. The summed E-state index contributed by atoms with van der Waals surface area (Å²) in [5.41, 5.74) is 1.37. The summed E-state index contributed by atoms with van der Waals surface area (Å²) in [6.07, 6.45) is 16.9. The lowest BCUT2D eigenvalue weighted by atomic mass is 10.1. The lowest BCUT2D eigenvalue weighted by molar-refractivity contribution is 0.402. The standard InChI is InChI=1S/C14H29Cl.C9H13N/c1-2-3-4-5-6-7-8-9-10-11-12-13-14-15;1-10(2)8-9-6-4-3-5-7-9/h2-14H2,1H3;3-7H,8H2,1-2H3. The second-order valence-corrected chi connectivity index (χ2v) is 7.68. The van der Waals surface area contributed by atoms with Crippen LogP contribution in [0.1, 0.15) is 89.5 Å². The van der Waals surface area contributed by atoms with E-state index in [1.54, 1.807) is 0 Å². The molecular weight excluding hydrogens is 326 g/mol. The molecular formula is C23H42ClN. The van der Waals surface area contributed by atoms with Crippen LogP contribution in [0.5, 0.6) is 0 Å². The zero-order chi connectivity index (χ0) is 18.6. The van der Waals surface area contributed by atoms with Gasteiger partial charge in [-0.25, -0.2) is 0 Å². The van der Waals surface area contributed by atoms with Crippen molar-refractivity contribution >= 4 is 11.6 Å². The topological polar surface area (TPSA) is 3.24 Å². The normalized spacial score (nSPS) is 10.6. The van der Waals surface area contributed by atoms with Gasteiger partial charge < -0.3 is 4.90 Å². The van der Waals surface area contributed by atoms with Crippen molar-refractivity contribution in [2.75, 3.05) is 20.0 Å². The summed E-state index contributed by atoms with van der Waals surface area (Å²) in [4.78, 5) is 2.16. The van der Waals surface area contributed by atoms with Crippen LogP contribution in [0.3, 0.4) is 0 Å². The summed E-state index contributed by atoms with van der Waals surface area (Å²) in [5, 5.41) is 0. The summed E-state index contributed by atoms with van der Waals surface area (Å²) in [7, 11) is 4.15. The van der Waals surface area contributed by atoms with Crippen LogP contribution in [0.4, 0.5) is 0 Å². The maximum atomic E-state index is 5.62. The van der Waals surface area contributed by atoms with E-state index in [4.69, 9.17) is 11.6 Å². The van der Waals surface area contributed by atoms with Gasteiger partial charge in [0, 0.05) is 12.4 Å². The molecule has 0 aliphatic heterocycles. The zero-order valence-electron chi connectivity index (χ0n) is 17.1. The van der Waals surface area contributed by atoms with Crippen LogP contribution in [-0.4, -0.2) is 24.9 Å². The average Bonchev–Trinajstić information content (AvgIpc) is 2.61. The summed E-state index contributed by atoms with van der Waals surface area (Å²) in [6, 6.07) is 10.5. The van der Waals surface area contributed by atoms with Crippen LogP contribution in [0, 0.1) is 0 Å². The number of hydrogen-bond acceptors (Lipinski definition) is 1. The SMILES string of the molecule is CCCCCCCCCCCCCCCl.CN(C)Cc1ccccc1. The Morgan fingerprint density at radius 1 is 0.680 bits per heavy atom. The molecule has 0 bridgehead atoms. The minimum Gasteiger partial charge on any atom is -0.305 e. The van der Waals surface area contributed by atoms with Crippen molar-refractivity contribution in [2.24, 2.45) is 0 Å². The first-order chi connectivity index (χ1) is 12.2. The average molecular weight is 368 g/mol. The van der Waals surface area contributed by atoms with Gasteiger partial charge in [-0.15, -0.1) is 11.6 Å². The largest absolute Gasteiger partial charge is 0.305 e. The molecule has 0 aromatic heterocycles. The van der Waals surface area contributed by atoms with E-state index in [0.29, 0.717) is 0 Å². The van der Waals surface area contributed by atoms with E-state index >= 15 is 0 Å². The molecule has 0 radical (unpaired) electrons. The molecule has 25 heavy (non-hydrogen) atoms. The van der Waals surface area contributed by atoms with Crippen LogP contribution in [-0.2, 0) is 6.54 Å². The molecule has 0 unspecified atom stereocenters. The minimum absolute atomic E-state index is 0.845. The number of hydrogen-bond donors (Lipinski definition) is 0. The van der Waals surface area contributed by atoms with Gasteiger partial charge >= 0.3 is 0 Å². The molecule has 0 atom stereocenters. The van der Waals surface area contributed by atoms with Crippen molar-refractivity contribution in [2.45, 2.75) is 90.5 Å². The number of nitrogens with zero attached hydrogens (tertiary/aromatic N) is 1. The maximum absolute atomic E-state index is 5.62. The molecule has 1 aromatic carbocycles. The molecule has 1 rings (SSSR count). The maximum Gasteiger partial charge on any atom is 0.0227 e. The Kier molecular flexibility index (Phi) is 19.4. The molecule has 0 heterocycles. The highest BCUT2D eigenvalue weighted by Crippen LogP contribution is 2.11. The third kappa shape index (κ3) is 19.6. The van der Waals surface area contributed by atoms with E-state index in [2.05, 4.69) is 50.2 Å². The van der Waals surface area contributed by atoms with Crippen LogP contribution < -0.4 is 0 Å². The third-order valence-corrected chi connectivity index (χ3v) is 4.60. The Bertz CT molecular complexity index is 338. The van der Waals surface area contributed by atoms with Crippen molar-refractivity contribution in [1.29, 1.82) is 0 Å². The van der Waals surface area contributed by atoms with Gasteiger partial charge in [0.05, 0.1) is 0 Å². The van der Waals surface area contributed by atoms with E-state index < -0.39 is 0 Å². The number of alkyl halides is 1. The fraction of sp³-hybridized carbons (Fsp3) is 0.739. The number of benzene rings is 1. The fourth-order valence-electron chi connectivity index (χ4n) is 2.88. The Hall–Kier alpha value is -0.530. The predicted molar refractivity (Wildman–Crippen MR) is 116 cm³/mol. The van der Waals surface area contributed by atoms with Gasteiger partial charge in [-0.1, -0.05) is 108 Å². The Balaban J connectivity index is 0.000000496. The highest BCUT2D eigenvalue weighted by Gasteiger charge is 1.92. The first-order valence-corrected chi connectivity index (χ1v) is 11.0. The Labute approximate surface area is 163 Å². The molecule has 1 nitrogen and oxygen atoms in total. The molecule has 0 saturated carbocycles. The summed E-state index contributed by atoms with van der Waals surface area (Å²) in [5.74, 6) is 0.845. The lowest BCUT2D eigenvalue weighted by Crippen LogP contribution is -2.10. The second kappa shape index (κ2) is 19.8. The number of halogens is 1. The fourth-order valence-corrected chi connectivity index (χ4v) is 3.07. The first kappa shape index (κ1) is 24.5. The molecule has 0 fully saturated rings. The lowest BCUT2D eigenvalue weighted by Gasteiger charge is -2.08. The molecule has 1 aromatic rings. The molecule has 2 heteroatoms. The van der Waals surface area contributed by atoms with Gasteiger partial charge in [0.1, 0.15) is 0 Å². The van der Waals surface area contributed by atoms with Crippen molar-refractivity contribution in [3.8, 4) is 0 Å². The zero-order valence-corrected chi connectivity index (χ0v) is 17.9. The Morgan fingerprint density at radius 3 is 1.52 bits per heavy atom. The van der Waals surface area contributed by atoms with E-state index in [-0.39, 0.29) is 0 Å². The van der Waals surface area contributed by atoms with Gasteiger partial charge in [0.15, 0.2) is 0 Å². The molecule has 0 amide bonds. The van der Waals surface area contributed by atoms with Gasteiger partial charge in [0.25, 0.3) is 0 Å². The van der Waals surface area contributed by atoms with Crippen LogP contribution >= 0.6 is 11.6 Å². The quantitative estimate of drug-likeness (QED) is 0.241. The molecule has 0 spiro atoms. The van der Waals surface area contributed by atoms with Gasteiger partial charge in [-0.3, -0.25) is 0 Å².